The summed E-state index contributed by atoms with van der Waals surface area (Å²) in [6, 6.07) is 6.43. The maximum atomic E-state index is 13.6. The Morgan fingerprint density at radius 1 is 1.35 bits per heavy atom. The van der Waals surface area contributed by atoms with Gasteiger partial charge in [0.1, 0.15) is 11.6 Å². The average Bonchev–Trinajstić information content (AvgIpc) is 3.02. The minimum atomic E-state index is -0.347. The van der Waals surface area contributed by atoms with E-state index in [0.29, 0.717) is 18.1 Å². The van der Waals surface area contributed by atoms with E-state index in [9.17, 15) is 9.18 Å². The van der Waals surface area contributed by atoms with E-state index in [-0.39, 0.29) is 48.0 Å². The van der Waals surface area contributed by atoms with E-state index in [1.165, 1.54) is 12.1 Å². The zero-order valence-electron chi connectivity index (χ0n) is 15.4. The maximum Gasteiger partial charge on any atom is 0.293 e. The molecule has 1 saturated heterocycles. The van der Waals surface area contributed by atoms with E-state index < -0.39 is 0 Å². The molecule has 8 heteroatoms. The van der Waals surface area contributed by atoms with Gasteiger partial charge in [-0.2, -0.15) is 0 Å². The first kappa shape index (κ1) is 20.3. The molecular weight excluding hydrogens is 357 g/mol. The number of piperazine rings is 1. The predicted molar refractivity (Wildman–Crippen MR) is 101 cm³/mol. The van der Waals surface area contributed by atoms with Gasteiger partial charge in [-0.1, -0.05) is 19.9 Å². The molecule has 1 amide bonds. The van der Waals surface area contributed by atoms with Gasteiger partial charge in [-0.25, -0.2) is 14.1 Å². The molecule has 2 heterocycles. The lowest BCUT2D eigenvalue weighted by molar-refractivity contribution is 0.0590. The topological polar surface area (TPSA) is 63.1 Å². The zero-order chi connectivity index (χ0) is 18.1. The normalized spacial score (nSPS) is 20.2. The lowest BCUT2D eigenvalue weighted by Crippen LogP contribution is -2.57. The fourth-order valence-electron chi connectivity index (χ4n) is 3.06. The smallest absolute Gasteiger partial charge is 0.293 e. The Kier molecular flexibility index (Phi) is 6.36. The van der Waals surface area contributed by atoms with Crippen LogP contribution in [0.3, 0.4) is 0 Å². The summed E-state index contributed by atoms with van der Waals surface area (Å²) in [5.74, 6) is 0.327. The van der Waals surface area contributed by atoms with Gasteiger partial charge in [0.05, 0.1) is 5.69 Å². The van der Waals surface area contributed by atoms with Crippen LogP contribution in [0.2, 0.25) is 0 Å². The van der Waals surface area contributed by atoms with Crippen LogP contribution in [0, 0.1) is 5.82 Å². The standard InChI is InChI=1S/C18H24FN5O.ClH/c1-11(2)17-21-16(18(25)23-9-8-20-12(3)13(23)4)22-24(17)15-7-5-6-14(19)10-15;/h5-7,10-13,20H,8-9H2,1-4H3;1H. The van der Waals surface area contributed by atoms with Crippen LogP contribution in [0.1, 0.15) is 50.1 Å². The molecule has 2 atom stereocenters. The van der Waals surface area contributed by atoms with Crippen LogP contribution in [0.25, 0.3) is 5.69 Å². The minimum absolute atomic E-state index is 0. The SMILES string of the molecule is CC(C)c1nc(C(=O)N2CCNC(C)C2C)nn1-c1cccc(F)c1.Cl. The van der Waals surface area contributed by atoms with Crippen molar-refractivity contribution in [3.05, 3.63) is 41.7 Å². The van der Waals surface area contributed by atoms with Gasteiger partial charge in [-0.15, -0.1) is 17.5 Å². The highest BCUT2D eigenvalue weighted by molar-refractivity contribution is 5.91. The highest BCUT2D eigenvalue weighted by Crippen LogP contribution is 2.20. The third-order valence-electron chi connectivity index (χ3n) is 4.69. The van der Waals surface area contributed by atoms with E-state index in [1.807, 2.05) is 20.8 Å². The molecule has 2 aromatic rings. The summed E-state index contributed by atoms with van der Waals surface area (Å²) in [6.07, 6.45) is 0. The fourth-order valence-corrected chi connectivity index (χ4v) is 3.06. The number of nitrogens with one attached hydrogen (secondary N) is 1. The molecule has 1 aromatic carbocycles. The fraction of sp³-hybridized carbons (Fsp3) is 0.500. The second-order valence-electron chi connectivity index (χ2n) is 6.82. The number of hydrogen-bond donors (Lipinski definition) is 1. The molecule has 2 unspecified atom stereocenters. The third kappa shape index (κ3) is 3.88. The Morgan fingerprint density at radius 3 is 2.73 bits per heavy atom. The summed E-state index contributed by atoms with van der Waals surface area (Å²) in [4.78, 5) is 19.2. The van der Waals surface area contributed by atoms with Crippen LogP contribution in [0.5, 0.6) is 0 Å². The van der Waals surface area contributed by atoms with Crippen molar-refractivity contribution in [2.45, 2.75) is 45.7 Å². The van der Waals surface area contributed by atoms with Crippen molar-refractivity contribution in [2.24, 2.45) is 0 Å². The van der Waals surface area contributed by atoms with Gasteiger partial charge in [-0.05, 0) is 32.0 Å². The molecule has 1 aliphatic rings. The van der Waals surface area contributed by atoms with Crippen molar-refractivity contribution >= 4 is 18.3 Å². The summed E-state index contributed by atoms with van der Waals surface area (Å²) < 4.78 is 15.2. The predicted octanol–water partition coefficient (Wildman–Crippen LogP) is 2.77. The Bertz CT molecular complexity index is 779. The van der Waals surface area contributed by atoms with E-state index in [0.717, 1.165) is 6.54 Å². The summed E-state index contributed by atoms with van der Waals surface area (Å²) in [5, 5.41) is 7.76. The van der Waals surface area contributed by atoms with Crippen molar-refractivity contribution in [1.29, 1.82) is 0 Å². The summed E-state index contributed by atoms with van der Waals surface area (Å²) in [5.41, 5.74) is 0.567. The van der Waals surface area contributed by atoms with Crippen LogP contribution >= 0.6 is 12.4 Å². The average molecular weight is 382 g/mol. The summed E-state index contributed by atoms with van der Waals surface area (Å²) in [6.45, 7) is 9.39. The summed E-state index contributed by atoms with van der Waals surface area (Å²) in [7, 11) is 0. The van der Waals surface area contributed by atoms with E-state index in [4.69, 9.17) is 0 Å². The summed E-state index contributed by atoms with van der Waals surface area (Å²) >= 11 is 0. The first-order valence-corrected chi connectivity index (χ1v) is 8.65. The number of benzene rings is 1. The Hall–Kier alpha value is -1.99. The Balaban J connectivity index is 0.00000243. The van der Waals surface area contributed by atoms with Gasteiger partial charge in [0.2, 0.25) is 5.82 Å². The third-order valence-corrected chi connectivity index (χ3v) is 4.69. The van der Waals surface area contributed by atoms with Gasteiger partial charge in [0, 0.05) is 31.1 Å². The molecule has 0 radical (unpaired) electrons. The maximum absolute atomic E-state index is 13.6. The number of aromatic nitrogens is 3. The van der Waals surface area contributed by atoms with Crippen LogP contribution in [-0.2, 0) is 0 Å². The second-order valence-corrected chi connectivity index (χ2v) is 6.82. The highest BCUT2D eigenvalue weighted by atomic mass is 35.5. The number of rotatable bonds is 3. The zero-order valence-corrected chi connectivity index (χ0v) is 16.3. The molecule has 142 valence electrons. The van der Waals surface area contributed by atoms with E-state index in [2.05, 4.69) is 22.3 Å². The van der Waals surface area contributed by atoms with Crippen LogP contribution in [0.15, 0.2) is 24.3 Å². The molecular formula is C18H25ClFN5O. The molecule has 3 rings (SSSR count). The molecule has 26 heavy (non-hydrogen) atoms. The number of carbonyl (C=O) groups is 1. The van der Waals surface area contributed by atoms with Crippen LogP contribution in [0.4, 0.5) is 4.39 Å². The van der Waals surface area contributed by atoms with Gasteiger partial charge in [0.25, 0.3) is 5.91 Å². The molecule has 1 N–H and O–H groups in total. The second kappa shape index (κ2) is 8.14. The number of hydrogen-bond acceptors (Lipinski definition) is 4. The quantitative estimate of drug-likeness (QED) is 0.888. The van der Waals surface area contributed by atoms with E-state index >= 15 is 0 Å². The first-order chi connectivity index (χ1) is 11.9. The lowest BCUT2D eigenvalue weighted by Gasteiger charge is -2.37. The largest absolute Gasteiger partial charge is 0.330 e. The number of halogens is 2. The molecule has 0 saturated carbocycles. The number of nitrogens with zero attached hydrogens (tertiary/aromatic N) is 4. The van der Waals surface area contributed by atoms with Crippen LogP contribution in [-0.4, -0.2) is 50.7 Å². The molecule has 1 fully saturated rings. The van der Waals surface area contributed by atoms with Gasteiger partial charge in [0.15, 0.2) is 0 Å². The molecule has 6 nitrogen and oxygen atoms in total. The van der Waals surface area contributed by atoms with Crippen LogP contribution < -0.4 is 5.32 Å². The Morgan fingerprint density at radius 2 is 2.08 bits per heavy atom. The number of amides is 1. The molecule has 0 aliphatic carbocycles. The van der Waals surface area contributed by atoms with E-state index in [1.54, 1.807) is 21.7 Å². The monoisotopic (exact) mass is 381 g/mol. The van der Waals surface area contributed by atoms with Gasteiger partial charge >= 0.3 is 0 Å². The van der Waals surface area contributed by atoms with Crippen molar-refractivity contribution in [2.75, 3.05) is 13.1 Å². The van der Waals surface area contributed by atoms with Crippen molar-refractivity contribution in [3.63, 3.8) is 0 Å². The highest BCUT2D eigenvalue weighted by Gasteiger charge is 2.31. The minimum Gasteiger partial charge on any atom is -0.330 e. The van der Waals surface area contributed by atoms with Crippen molar-refractivity contribution in [3.8, 4) is 5.69 Å². The Labute approximate surface area is 159 Å². The molecule has 0 bridgehead atoms. The number of carbonyl (C=O) groups excluding carboxylic acids is 1. The van der Waals surface area contributed by atoms with Gasteiger partial charge in [-0.3, -0.25) is 4.79 Å². The molecule has 1 aromatic heterocycles. The van der Waals surface area contributed by atoms with Crippen molar-refractivity contribution in [1.82, 2.24) is 25.0 Å². The first-order valence-electron chi connectivity index (χ1n) is 8.65. The molecule has 0 spiro atoms. The van der Waals surface area contributed by atoms with Crippen molar-refractivity contribution < 1.29 is 9.18 Å². The van der Waals surface area contributed by atoms with Gasteiger partial charge < -0.3 is 10.2 Å². The lowest BCUT2D eigenvalue weighted by atomic mass is 10.1. The molecule has 1 aliphatic heterocycles.